The lowest BCUT2D eigenvalue weighted by Gasteiger charge is -2.11. The first kappa shape index (κ1) is 13.0. The number of rotatable bonds is 6. The fourth-order valence-corrected chi connectivity index (χ4v) is 2.00. The van der Waals surface area contributed by atoms with Crippen LogP contribution < -0.4 is 10.1 Å². The first-order chi connectivity index (χ1) is 7.69. The van der Waals surface area contributed by atoms with Gasteiger partial charge in [0.1, 0.15) is 5.75 Å². The van der Waals surface area contributed by atoms with Gasteiger partial charge in [-0.3, -0.25) is 0 Å². The zero-order valence-corrected chi connectivity index (χ0v) is 10.9. The van der Waals surface area contributed by atoms with Crippen molar-refractivity contribution in [2.24, 2.45) is 0 Å². The third-order valence-electron chi connectivity index (χ3n) is 2.76. The van der Waals surface area contributed by atoms with Gasteiger partial charge in [-0.1, -0.05) is 25.5 Å². The van der Waals surface area contributed by atoms with Crippen LogP contribution in [0.4, 0.5) is 0 Å². The van der Waals surface area contributed by atoms with Crippen molar-refractivity contribution in [1.29, 1.82) is 0 Å². The Hall–Kier alpha value is -1.02. The molecule has 0 unspecified atom stereocenters. The monoisotopic (exact) mass is 221 g/mol. The Morgan fingerprint density at radius 2 is 1.81 bits per heavy atom. The Bertz CT molecular complexity index is 311. The van der Waals surface area contributed by atoms with E-state index in [0.29, 0.717) is 0 Å². The number of methoxy groups -OCH3 is 1. The molecule has 0 atom stereocenters. The average Bonchev–Trinajstić information content (AvgIpc) is 2.24. The number of hydrogen-bond acceptors (Lipinski definition) is 2. The van der Waals surface area contributed by atoms with Crippen LogP contribution in [-0.4, -0.2) is 13.7 Å². The Balaban J connectivity index is 2.61. The molecule has 0 heterocycles. The van der Waals surface area contributed by atoms with Crippen molar-refractivity contribution in [2.45, 2.75) is 40.2 Å². The predicted octanol–water partition coefficient (Wildman–Crippen LogP) is 3.20. The minimum atomic E-state index is 0.950. The number of hydrogen-bond donors (Lipinski definition) is 1. The number of benzene rings is 1. The van der Waals surface area contributed by atoms with Gasteiger partial charge in [0.05, 0.1) is 7.11 Å². The van der Waals surface area contributed by atoms with E-state index < -0.39 is 0 Å². The van der Waals surface area contributed by atoms with E-state index in [1.807, 2.05) is 0 Å². The van der Waals surface area contributed by atoms with E-state index in [-0.39, 0.29) is 0 Å². The van der Waals surface area contributed by atoms with Crippen LogP contribution in [-0.2, 0) is 6.54 Å². The zero-order chi connectivity index (χ0) is 12.0. The molecule has 0 saturated heterocycles. The van der Waals surface area contributed by atoms with Gasteiger partial charge in [-0.05, 0) is 43.5 Å². The normalized spacial score (nSPS) is 10.5. The molecule has 2 nitrogen and oxygen atoms in total. The maximum atomic E-state index is 5.35. The molecule has 0 radical (unpaired) electrons. The van der Waals surface area contributed by atoms with Gasteiger partial charge >= 0.3 is 0 Å². The maximum absolute atomic E-state index is 5.35. The molecular weight excluding hydrogens is 198 g/mol. The summed E-state index contributed by atoms with van der Waals surface area (Å²) >= 11 is 0. The van der Waals surface area contributed by atoms with Crippen molar-refractivity contribution in [3.8, 4) is 5.75 Å². The van der Waals surface area contributed by atoms with Crippen molar-refractivity contribution in [1.82, 2.24) is 5.32 Å². The summed E-state index contributed by atoms with van der Waals surface area (Å²) in [6, 6.07) is 4.40. The minimum absolute atomic E-state index is 0.950. The molecule has 0 saturated carbocycles. The van der Waals surface area contributed by atoms with Gasteiger partial charge in [0.15, 0.2) is 0 Å². The Labute approximate surface area is 99.0 Å². The van der Waals surface area contributed by atoms with Crippen molar-refractivity contribution >= 4 is 0 Å². The predicted molar refractivity (Wildman–Crippen MR) is 69.1 cm³/mol. The highest BCUT2D eigenvalue weighted by Gasteiger charge is 2.04. The van der Waals surface area contributed by atoms with Crippen molar-refractivity contribution < 1.29 is 4.74 Å². The molecule has 0 aliphatic rings. The van der Waals surface area contributed by atoms with Crippen molar-refractivity contribution in [3.63, 3.8) is 0 Å². The molecule has 1 N–H and O–H groups in total. The van der Waals surface area contributed by atoms with Gasteiger partial charge in [-0.25, -0.2) is 0 Å². The topological polar surface area (TPSA) is 21.3 Å². The fourth-order valence-electron chi connectivity index (χ4n) is 2.00. The SMILES string of the molecule is CCCCNCc1cc(C)c(OC)c(C)c1. The third kappa shape index (κ3) is 3.53. The first-order valence-corrected chi connectivity index (χ1v) is 6.03. The molecular formula is C14H23NO. The molecule has 1 aromatic carbocycles. The van der Waals surface area contributed by atoms with Crippen LogP contribution in [0.25, 0.3) is 0 Å². The van der Waals surface area contributed by atoms with Crippen molar-refractivity contribution in [3.05, 3.63) is 28.8 Å². The van der Waals surface area contributed by atoms with Crippen LogP contribution in [0.3, 0.4) is 0 Å². The standard InChI is InChI=1S/C14H23NO/c1-5-6-7-15-10-13-8-11(2)14(16-4)12(3)9-13/h8-9,15H,5-7,10H2,1-4H3. The maximum Gasteiger partial charge on any atom is 0.124 e. The number of ether oxygens (including phenoxy) is 1. The number of nitrogens with one attached hydrogen (secondary N) is 1. The summed E-state index contributed by atoms with van der Waals surface area (Å²) in [5, 5.41) is 3.45. The van der Waals surface area contributed by atoms with Crippen LogP contribution in [0.15, 0.2) is 12.1 Å². The largest absolute Gasteiger partial charge is 0.496 e. The zero-order valence-electron chi connectivity index (χ0n) is 10.9. The van der Waals surface area contributed by atoms with E-state index in [1.165, 1.54) is 29.5 Å². The summed E-state index contributed by atoms with van der Waals surface area (Å²) in [5.41, 5.74) is 3.77. The van der Waals surface area contributed by atoms with Gasteiger partial charge < -0.3 is 10.1 Å². The van der Waals surface area contributed by atoms with Crippen LogP contribution in [0.1, 0.15) is 36.5 Å². The summed E-state index contributed by atoms with van der Waals surface area (Å²) in [6.07, 6.45) is 2.49. The third-order valence-corrected chi connectivity index (χ3v) is 2.76. The molecule has 90 valence electrons. The fraction of sp³-hybridized carbons (Fsp3) is 0.571. The lowest BCUT2D eigenvalue weighted by atomic mass is 10.1. The lowest BCUT2D eigenvalue weighted by Crippen LogP contribution is -2.14. The van der Waals surface area contributed by atoms with E-state index in [0.717, 1.165) is 18.8 Å². The highest BCUT2D eigenvalue weighted by atomic mass is 16.5. The Morgan fingerprint density at radius 1 is 1.19 bits per heavy atom. The average molecular weight is 221 g/mol. The van der Waals surface area contributed by atoms with E-state index in [4.69, 9.17) is 4.74 Å². The summed E-state index contributed by atoms with van der Waals surface area (Å²) in [4.78, 5) is 0. The highest BCUT2D eigenvalue weighted by Crippen LogP contribution is 2.24. The molecule has 0 fully saturated rings. The van der Waals surface area contributed by atoms with Gasteiger partial charge in [0.2, 0.25) is 0 Å². The molecule has 16 heavy (non-hydrogen) atoms. The first-order valence-electron chi connectivity index (χ1n) is 6.03. The molecule has 0 bridgehead atoms. The molecule has 0 aliphatic carbocycles. The van der Waals surface area contributed by atoms with E-state index in [2.05, 4.69) is 38.2 Å². The Morgan fingerprint density at radius 3 is 2.31 bits per heavy atom. The second kappa shape index (κ2) is 6.54. The van der Waals surface area contributed by atoms with Gasteiger partial charge in [0.25, 0.3) is 0 Å². The van der Waals surface area contributed by atoms with E-state index >= 15 is 0 Å². The van der Waals surface area contributed by atoms with Gasteiger partial charge in [-0.15, -0.1) is 0 Å². The molecule has 0 aromatic heterocycles. The summed E-state index contributed by atoms with van der Waals surface area (Å²) < 4.78 is 5.35. The minimum Gasteiger partial charge on any atom is -0.496 e. The van der Waals surface area contributed by atoms with E-state index in [9.17, 15) is 0 Å². The van der Waals surface area contributed by atoms with E-state index in [1.54, 1.807) is 7.11 Å². The molecule has 1 rings (SSSR count). The van der Waals surface area contributed by atoms with Crippen molar-refractivity contribution in [2.75, 3.05) is 13.7 Å². The quantitative estimate of drug-likeness (QED) is 0.745. The number of aryl methyl sites for hydroxylation is 2. The van der Waals surface area contributed by atoms with Crippen LogP contribution in [0.2, 0.25) is 0 Å². The van der Waals surface area contributed by atoms with Gasteiger partial charge in [-0.2, -0.15) is 0 Å². The van der Waals surface area contributed by atoms with Crippen LogP contribution in [0.5, 0.6) is 5.75 Å². The second-order valence-corrected chi connectivity index (χ2v) is 4.29. The molecule has 0 amide bonds. The van der Waals surface area contributed by atoms with Crippen LogP contribution >= 0.6 is 0 Å². The molecule has 0 spiro atoms. The Kier molecular flexibility index (Phi) is 5.33. The molecule has 2 heteroatoms. The lowest BCUT2D eigenvalue weighted by molar-refractivity contribution is 0.408. The smallest absolute Gasteiger partial charge is 0.124 e. The highest BCUT2D eigenvalue weighted by molar-refractivity contribution is 5.43. The van der Waals surface area contributed by atoms with Crippen LogP contribution in [0, 0.1) is 13.8 Å². The van der Waals surface area contributed by atoms with Gasteiger partial charge in [0, 0.05) is 6.54 Å². The second-order valence-electron chi connectivity index (χ2n) is 4.29. The summed E-state index contributed by atoms with van der Waals surface area (Å²) in [7, 11) is 1.73. The summed E-state index contributed by atoms with van der Waals surface area (Å²) in [5.74, 6) is 1.01. The number of unbranched alkanes of at least 4 members (excludes halogenated alkanes) is 1. The molecule has 0 aliphatic heterocycles. The summed E-state index contributed by atoms with van der Waals surface area (Å²) in [6.45, 7) is 8.46. The molecule has 1 aromatic rings.